The maximum atomic E-state index is 12.9. The first-order valence-electron chi connectivity index (χ1n) is 35.7. The number of hydrogen-bond donors (Lipinski definition) is 0. The van der Waals surface area contributed by atoms with E-state index in [0.29, 0.717) is 105 Å². The van der Waals surface area contributed by atoms with Crippen molar-refractivity contribution in [2.45, 2.75) is 303 Å². The smallest absolute Gasteiger partial charge is 0.320 e. The Balaban J connectivity index is 2.39. The predicted molar refractivity (Wildman–Crippen MR) is 345 cm³/mol. The summed E-state index contributed by atoms with van der Waals surface area (Å²) in [7, 11) is 2.10. The van der Waals surface area contributed by atoms with Gasteiger partial charge in [-0.3, -0.25) is 19.3 Å². The van der Waals surface area contributed by atoms with Crippen LogP contribution in [0.3, 0.4) is 0 Å². The molecule has 1 unspecified atom stereocenters. The van der Waals surface area contributed by atoms with Gasteiger partial charge in [-0.15, -0.1) is 0 Å². The van der Waals surface area contributed by atoms with Gasteiger partial charge >= 0.3 is 17.9 Å². The van der Waals surface area contributed by atoms with Gasteiger partial charge in [-0.2, -0.15) is 0 Å². The van der Waals surface area contributed by atoms with Crippen molar-refractivity contribution < 1.29 is 57.0 Å². The first-order chi connectivity index (χ1) is 41.3. The minimum absolute atomic E-state index is 0.0171. The van der Waals surface area contributed by atoms with Crippen molar-refractivity contribution in [2.24, 2.45) is 5.92 Å². The molecule has 1 heterocycles. The van der Waals surface area contributed by atoms with Gasteiger partial charge in [0.25, 0.3) is 0 Å². The number of carbonyl (C=O) groups is 3. The van der Waals surface area contributed by atoms with Gasteiger partial charge in [0, 0.05) is 52.2 Å². The second kappa shape index (κ2) is 64.1. The van der Waals surface area contributed by atoms with Crippen molar-refractivity contribution in [3.63, 3.8) is 0 Å². The van der Waals surface area contributed by atoms with Crippen LogP contribution in [0, 0.1) is 5.92 Å². The Morgan fingerprint density at radius 2 is 0.714 bits per heavy atom. The van der Waals surface area contributed by atoms with Crippen LogP contribution < -0.4 is 0 Å². The number of carbonyl (C=O) groups excluding carboxylic acids is 3. The summed E-state index contributed by atoms with van der Waals surface area (Å²) in [5, 5.41) is 0. The summed E-state index contributed by atoms with van der Waals surface area (Å²) >= 11 is 0. The quantitative estimate of drug-likeness (QED) is 0.0324. The van der Waals surface area contributed by atoms with Crippen LogP contribution >= 0.6 is 0 Å². The Hall–Kier alpha value is -1.91. The molecule has 0 aromatic heterocycles. The number of likely N-dealkylation sites (N-methyl/N-ethyl adjacent to an activating group) is 1. The Morgan fingerprint density at radius 1 is 0.333 bits per heavy atom. The molecule has 0 aliphatic carbocycles. The molecular weight excluding hydrogens is 1060 g/mol. The Kier molecular flexibility index (Phi) is 61.1. The molecule has 0 N–H and O–H groups in total. The average molecular weight is 1200 g/mol. The highest BCUT2D eigenvalue weighted by Crippen LogP contribution is 2.23. The SMILES string of the molecule is CCCCCCCCC(CCCCCCCC)CCOC(=O)CCCCCCCOCC(COCCOCCOCCOCCOC(=O)CN1CCN(C)CC1)OCCCCCCCC(=O)OC(CCCCCCCC)CCCCCCCC. The first kappa shape index (κ1) is 80.1. The minimum atomic E-state index is -0.206. The van der Waals surface area contributed by atoms with E-state index in [1.54, 1.807) is 0 Å². The number of esters is 3. The minimum Gasteiger partial charge on any atom is -0.466 e. The molecule has 0 saturated carbocycles. The standard InChI is InChI=1S/C70H136N2O12/c1-6-10-14-18-24-32-40-65(41-33-25-19-15-11-7-2)46-53-82-68(73)44-36-28-22-30-38-51-79-63-67(64-80-59-58-77-55-54-76-56-57-78-60-61-83-70(75)62-72-49-47-71(5)48-50-72)81-52-39-31-23-29-37-45-69(74)84-66(42-34-26-20-16-12-8-3)43-35-27-21-17-13-9-4/h65-67H,6-64H2,1-5H3. The van der Waals surface area contributed by atoms with E-state index in [-0.39, 0.29) is 36.7 Å². The topological polar surface area (TPSA) is 141 Å². The maximum Gasteiger partial charge on any atom is 0.320 e. The highest BCUT2D eigenvalue weighted by Gasteiger charge is 2.18. The van der Waals surface area contributed by atoms with E-state index in [9.17, 15) is 14.4 Å². The monoisotopic (exact) mass is 1200 g/mol. The lowest BCUT2D eigenvalue weighted by Gasteiger charge is -2.31. The lowest BCUT2D eigenvalue weighted by Crippen LogP contribution is -2.46. The van der Waals surface area contributed by atoms with Gasteiger partial charge < -0.3 is 47.5 Å². The van der Waals surface area contributed by atoms with Crippen LogP contribution in [0.1, 0.15) is 291 Å². The van der Waals surface area contributed by atoms with Crippen LogP contribution in [0.2, 0.25) is 0 Å². The zero-order valence-electron chi connectivity index (χ0n) is 55.7. The number of unbranched alkanes of at least 4 members (excludes halogenated alkanes) is 28. The third-order valence-electron chi connectivity index (χ3n) is 16.5. The fraction of sp³-hybridized carbons (Fsp3) is 0.957. The molecule has 0 radical (unpaired) electrons. The maximum absolute atomic E-state index is 12.9. The summed E-state index contributed by atoms with van der Waals surface area (Å²) in [6, 6.07) is 0. The molecule has 1 aliphatic rings. The molecule has 1 aliphatic heterocycles. The van der Waals surface area contributed by atoms with E-state index in [0.717, 1.165) is 122 Å². The van der Waals surface area contributed by atoms with Crippen LogP contribution in [-0.2, 0) is 57.0 Å². The average Bonchev–Trinajstić information content (AvgIpc) is 3.53. The zero-order chi connectivity index (χ0) is 60.7. The molecule has 84 heavy (non-hydrogen) atoms. The molecule has 1 rings (SSSR count). The van der Waals surface area contributed by atoms with Gasteiger partial charge in [0.15, 0.2) is 0 Å². The number of hydrogen-bond acceptors (Lipinski definition) is 14. The summed E-state index contributed by atoms with van der Waals surface area (Å²) in [6.07, 6.45) is 47.6. The molecule has 1 saturated heterocycles. The van der Waals surface area contributed by atoms with Gasteiger partial charge in [0.1, 0.15) is 18.8 Å². The molecule has 14 heteroatoms. The summed E-state index contributed by atoms with van der Waals surface area (Å²) in [6.45, 7) is 19.2. The largest absolute Gasteiger partial charge is 0.466 e. The lowest BCUT2D eigenvalue weighted by molar-refractivity contribution is -0.150. The van der Waals surface area contributed by atoms with Gasteiger partial charge in [0.2, 0.25) is 0 Å². The molecule has 1 atom stereocenters. The Bertz CT molecular complexity index is 1360. The van der Waals surface area contributed by atoms with Crippen molar-refractivity contribution >= 4 is 17.9 Å². The molecule has 14 nitrogen and oxygen atoms in total. The molecule has 0 aromatic rings. The van der Waals surface area contributed by atoms with Crippen LogP contribution in [0.4, 0.5) is 0 Å². The highest BCUT2D eigenvalue weighted by molar-refractivity contribution is 5.71. The summed E-state index contributed by atoms with van der Waals surface area (Å²) in [4.78, 5) is 42.1. The van der Waals surface area contributed by atoms with E-state index in [4.69, 9.17) is 42.6 Å². The Morgan fingerprint density at radius 3 is 1.21 bits per heavy atom. The second-order valence-corrected chi connectivity index (χ2v) is 24.5. The second-order valence-electron chi connectivity index (χ2n) is 24.5. The van der Waals surface area contributed by atoms with Crippen LogP contribution in [0.5, 0.6) is 0 Å². The van der Waals surface area contributed by atoms with Crippen molar-refractivity contribution in [1.82, 2.24) is 9.80 Å². The fourth-order valence-corrected chi connectivity index (χ4v) is 10.9. The predicted octanol–water partition coefficient (Wildman–Crippen LogP) is 16.4. The third kappa shape index (κ3) is 56.6. The highest BCUT2D eigenvalue weighted by atomic mass is 16.6. The molecule has 0 aromatic carbocycles. The number of piperazine rings is 1. The van der Waals surface area contributed by atoms with Gasteiger partial charge in [-0.25, -0.2) is 0 Å². The van der Waals surface area contributed by atoms with Gasteiger partial charge in [-0.05, 0) is 70.8 Å². The summed E-state index contributed by atoms with van der Waals surface area (Å²) in [5.41, 5.74) is 0. The molecule has 0 bridgehead atoms. The molecule has 0 amide bonds. The van der Waals surface area contributed by atoms with E-state index in [1.807, 2.05) is 0 Å². The van der Waals surface area contributed by atoms with Crippen LogP contribution in [0.25, 0.3) is 0 Å². The molecular formula is C70H136N2O12. The fourth-order valence-electron chi connectivity index (χ4n) is 10.9. The summed E-state index contributed by atoms with van der Waals surface area (Å²) < 4.78 is 52.6. The number of rotatable bonds is 67. The Labute approximate surface area is 517 Å². The summed E-state index contributed by atoms with van der Waals surface area (Å²) in [5.74, 6) is 0.422. The number of nitrogens with zero attached hydrogens (tertiary/aromatic N) is 2. The van der Waals surface area contributed by atoms with Crippen LogP contribution in [-0.4, -0.2) is 166 Å². The molecule has 1 fully saturated rings. The van der Waals surface area contributed by atoms with Crippen molar-refractivity contribution in [3.8, 4) is 0 Å². The molecule has 498 valence electrons. The normalized spacial score (nSPS) is 13.6. The van der Waals surface area contributed by atoms with Crippen LogP contribution in [0.15, 0.2) is 0 Å². The van der Waals surface area contributed by atoms with Crippen molar-refractivity contribution in [2.75, 3.05) is 126 Å². The van der Waals surface area contributed by atoms with E-state index in [2.05, 4.69) is 44.5 Å². The molecule has 0 spiro atoms. The van der Waals surface area contributed by atoms with E-state index < -0.39 is 0 Å². The van der Waals surface area contributed by atoms with Crippen molar-refractivity contribution in [1.29, 1.82) is 0 Å². The van der Waals surface area contributed by atoms with E-state index >= 15 is 0 Å². The number of ether oxygens (including phenoxy) is 9. The third-order valence-corrected chi connectivity index (χ3v) is 16.5. The first-order valence-corrected chi connectivity index (χ1v) is 35.7. The lowest BCUT2D eigenvalue weighted by atomic mass is 9.91. The van der Waals surface area contributed by atoms with Gasteiger partial charge in [0.05, 0.1) is 72.6 Å². The van der Waals surface area contributed by atoms with Gasteiger partial charge in [-0.1, -0.05) is 220 Å². The van der Waals surface area contributed by atoms with Crippen molar-refractivity contribution in [3.05, 3.63) is 0 Å². The van der Waals surface area contributed by atoms with E-state index in [1.165, 1.54) is 154 Å². The zero-order valence-corrected chi connectivity index (χ0v) is 55.7.